The van der Waals surface area contributed by atoms with Crippen molar-refractivity contribution >= 4 is 5.91 Å². The van der Waals surface area contributed by atoms with E-state index in [4.69, 9.17) is 9.84 Å². The van der Waals surface area contributed by atoms with E-state index in [-0.39, 0.29) is 24.7 Å². The fraction of sp³-hybridized carbons (Fsp3) is 0.938. The van der Waals surface area contributed by atoms with Crippen molar-refractivity contribution in [3.8, 4) is 0 Å². The van der Waals surface area contributed by atoms with E-state index in [1.165, 1.54) is 25.7 Å². The van der Waals surface area contributed by atoms with E-state index in [0.29, 0.717) is 13.0 Å². The van der Waals surface area contributed by atoms with Crippen LogP contribution >= 0.6 is 0 Å². The predicted octanol–water partition coefficient (Wildman–Crippen LogP) is 1.54. The van der Waals surface area contributed by atoms with Crippen LogP contribution in [0.3, 0.4) is 0 Å². The number of methoxy groups -OCH3 is 1. The smallest absolute Gasteiger partial charge is 0.239 e. The van der Waals surface area contributed by atoms with Gasteiger partial charge in [0.2, 0.25) is 5.91 Å². The van der Waals surface area contributed by atoms with Crippen molar-refractivity contribution in [3.05, 3.63) is 0 Å². The van der Waals surface area contributed by atoms with Gasteiger partial charge in [-0.3, -0.25) is 4.79 Å². The molecule has 1 amide bonds. The molecule has 0 spiro atoms. The third kappa shape index (κ3) is 6.76. The molecular weight excluding hydrogens is 268 g/mol. The zero-order valence-electron chi connectivity index (χ0n) is 13.6. The molecule has 1 rings (SSSR count). The SMILES string of the molecule is CCCCCCCN(CCCO)C(=O)C1CC(OC)CN1. The first-order valence-corrected chi connectivity index (χ1v) is 8.38. The van der Waals surface area contributed by atoms with Crippen LogP contribution in [0.25, 0.3) is 0 Å². The van der Waals surface area contributed by atoms with Crippen molar-refractivity contribution in [3.63, 3.8) is 0 Å². The lowest BCUT2D eigenvalue weighted by Gasteiger charge is -2.25. The number of unbranched alkanes of at least 4 members (excludes halogenated alkanes) is 4. The molecule has 124 valence electrons. The minimum absolute atomic E-state index is 0.121. The first kappa shape index (κ1) is 18.4. The Kier molecular flexibility index (Phi) is 9.63. The lowest BCUT2D eigenvalue weighted by atomic mass is 10.1. The van der Waals surface area contributed by atoms with Crippen molar-refractivity contribution in [2.24, 2.45) is 0 Å². The summed E-state index contributed by atoms with van der Waals surface area (Å²) in [6.07, 6.45) is 7.52. The van der Waals surface area contributed by atoms with E-state index in [9.17, 15) is 4.79 Å². The molecule has 1 aliphatic heterocycles. The Bertz CT molecular complexity index is 287. The number of carbonyl (C=O) groups is 1. The van der Waals surface area contributed by atoms with Gasteiger partial charge in [0.15, 0.2) is 0 Å². The molecule has 1 saturated heterocycles. The number of amides is 1. The van der Waals surface area contributed by atoms with Crippen molar-refractivity contribution in [1.29, 1.82) is 0 Å². The van der Waals surface area contributed by atoms with Gasteiger partial charge in [-0.15, -0.1) is 0 Å². The molecule has 0 aromatic heterocycles. The highest BCUT2D eigenvalue weighted by molar-refractivity contribution is 5.82. The van der Waals surface area contributed by atoms with Crippen LogP contribution in [0, 0.1) is 0 Å². The van der Waals surface area contributed by atoms with Crippen LogP contribution in [0.2, 0.25) is 0 Å². The van der Waals surface area contributed by atoms with Gasteiger partial charge in [0, 0.05) is 33.4 Å². The average molecular weight is 300 g/mol. The number of aliphatic hydroxyl groups is 1. The fourth-order valence-corrected chi connectivity index (χ4v) is 2.79. The van der Waals surface area contributed by atoms with E-state index in [2.05, 4.69) is 12.2 Å². The fourth-order valence-electron chi connectivity index (χ4n) is 2.79. The summed E-state index contributed by atoms with van der Waals surface area (Å²) < 4.78 is 5.30. The van der Waals surface area contributed by atoms with Crippen molar-refractivity contribution in [2.75, 3.05) is 33.4 Å². The minimum atomic E-state index is -0.121. The van der Waals surface area contributed by atoms with Gasteiger partial charge in [0.05, 0.1) is 12.1 Å². The first-order valence-electron chi connectivity index (χ1n) is 8.38. The monoisotopic (exact) mass is 300 g/mol. The largest absolute Gasteiger partial charge is 0.396 e. The number of carbonyl (C=O) groups excluding carboxylic acids is 1. The number of hydrogen-bond acceptors (Lipinski definition) is 4. The second kappa shape index (κ2) is 11.0. The summed E-state index contributed by atoms with van der Waals surface area (Å²) in [6.45, 7) is 4.54. The average Bonchev–Trinajstić information content (AvgIpc) is 2.98. The molecule has 2 unspecified atom stereocenters. The lowest BCUT2D eigenvalue weighted by Crippen LogP contribution is -2.44. The quantitative estimate of drug-likeness (QED) is 0.568. The Hall–Kier alpha value is -0.650. The molecule has 1 heterocycles. The van der Waals surface area contributed by atoms with Crippen LogP contribution in [0.4, 0.5) is 0 Å². The lowest BCUT2D eigenvalue weighted by molar-refractivity contribution is -0.133. The number of hydrogen-bond donors (Lipinski definition) is 2. The number of ether oxygens (including phenoxy) is 1. The van der Waals surface area contributed by atoms with Gasteiger partial charge in [-0.25, -0.2) is 0 Å². The molecule has 0 saturated carbocycles. The summed E-state index contributed by atoms with van der Waals surface area (Å²) in [5, 5.41) is 12.3. The summed E-state index contributed by atoms with van der Waals surface area (Å²) in [6, 6.07) is -0.121. The molecule has 1 fully saturated rings. The van der Waals surface area contributed by atoms with Crippen LogP contribution in [0.1, 0.15) is 51.9 Å². The van der Waals surface area contributed by atoms with Gasteiger partial charge >= 0.3 is 0 Å². The summed E-state index contributed by atoms with van der Waals surface area (Å²) in [4.78, 5) is 14.5. The Morgan fingerprint density at radius 1 is 1.24 bits per heavy atom. The highest BCUT2D eigenvalue weighted by atomic mass is 16.5. The number of nitrogens with one attached hydrogen (secondary N) is 1. The van der Waals surface area contributed by atoms with Crippen LogP contribution in [-0.4, -0.2) is 61.4 Å². The molecule has 2 atom stereocenters. The highest BCUT2D eigenvalue weighted by Crippen LogP contribution is 2.13. The van der Waals surface area contributed by atoms with Crippen LogP contribution in [0.5, 0.6) is 0 Å². The van der Waals surface area contributed by atoms with E-state index in [1.807, 2.05) is 4.90 Å². The zero-order valence-corrected chi connectivity index (χ0v) is 13.6. The molecule has 1 aliphatic rings. The third-order valence-corrected chi connectivity index (χ3v) is 4.15. The number of rotatable bonds is 11. The van der Waals surface area contributed by atoms with E-state index < -0.39 is 0 Å². The molecule has 0 aromatic carbocycles. The second-order valence-electron chi connectivity index (χ2n) is 5.87. The molecule has 2 N–H and O–H groups in total. The highest BCUT2D eigenvalue weighted by Gasteiger charge is 2.31. The Morgan fingerprint density at radius 2 is 1.95 bits per heavy atom. The topological polar surface area (TPSA) is 61.8 Å². The molecule has 0 aromatic rings. The van der Waals surface area contributed by atoms with Crippen LogP contribution in [0.15, 0.2) is 0 Å². The summed E-state index contributed by atoms with van der Waals surface area (Å²) >= 11 is 0. The van der Waals surface area contributed by atoms with Crippen LogP contribution < -0.4 is 5.32 Å². The molecule has 0 aliphatic carbocycles. The van der Waals surface area contributed by atoms with Crippen LogP contribution in [-0.2, 0) is 9.53 Å². The molecule has 21 heavy (non-hydrogen) atoms. The summed E-state index contributed by atoms with van der Waals surface area (Å²) in [7, 11) is 1.69. The molecule has 5 heteroatoms. The standard InChI is InChI=1S/C16H32N2O3/c1-3-4-5-6-7-9-18(10-8-11-19)16(20)15-12-14(21-2)13-17-15/h14-15,17,19H,3-13H2,1-2H3. The Labute approximate surface area is 129 Å². The Morgan fingerprint density at radius 3 is 2.57 bits per heavy atom. The third-order valence-electron chi connectivity index (χ3n) is 4.15. The van der Waals surface area contributed by atoms with Gasteiger partial charge in [0.25, 0.3) is 0 Å². The van der Waals surface area contributed by atoms with Crippen molar-refractivity contribution < 1.29 is 14.6 Å². The normalized spacial score (nSPS) is 21.7. The zero-order chi connectivity index (χ0) is 15.5. The van der Waals surface area contributed by atoms with Crippen molar-refractivity contribution in [1.82, 2.24) is 10.2 Å². The molecular formula is C16H32N2O3. The molecule has 0 bridgehead atoms. The van der Waals surface area contributed by atoms with Gasteiger partial charge in [-0.2, -0.15) is 0 Å². The number of aliphatic hydroxyl groups excluding tert-OH is 1. The van der Waals surface area contributed by atoms with Gasteiger partial charge in [0.1, 0.15) is 0 Å². The molecule has 5 nitrogen and oxygen atoms in total. The van der Waals surface area contributed by atoms with Crippen molar-refractivity contribution in [2.45, 2.75) is 64.0 Å². The van der Waals surface area contributed by atoms with E-state index >= 15 is 0 Å². The minimum Gasteiger partial charge on any atom is -0.396 e. The maximum atomic E-state index is 12.6. The predicted molar refractivity (Wildman–Crippen MR) is 84.2 cm³/mol. The maximum Gasteiger partial charge on any atom is 0.239 e. The van der Waals surface area contributed by atoms with Gasteiger partial charge in [-0.05, 0) is 19.3 Å². The van der Waals surface area contributed by atoms with Gasteiger partial charge in [-0.1, -0.05) is 32.6 Å². The molecule has 0 radical (unpaired) electrons. The number of nitrogens with zero attached hydrogens (tertiary/aromatic N) is 1. The summed E-state index contributed by atoms with van der Waals surface area (Å²) in [5.41, 5.74) is 0. The summed E-state index contributed by atoms with van der Waals surface area (Å²) in [5.74, 6) is 0.165. The second-order valence-corrected chi connectivity index (χ2v) is 5.87. The van der Waals surface area contributed by atoms with E-state index in [0.717, 1.165) is 25.9 Å². The Balaban J connectivity index is 2.38. The maximum absolute atomic E-state index is 12.6. The first-order chi connectivity index (χ1) is 10.2. The van der Waals surface area contributed by atoms with Gasteiger partial charge < -0.3 is 20.1 Å². The van der Waals surface area contributed by atoms with E-state index in [1.54, 1.807) is 7.11 Å².